The van der Waals surface area contributed by atoms with Gasteiger partial charge in [0.25, 0.3) is 0 Å². The van der Waals surface area contributed by atoms with Crippen LogP contribution in [0.3, 0.4) is 0 Å². The summed E-state index contributed by atoms with van der Waals surface area (Å²) in [5, 5.41) is 0. The van der Waals surface area contributed by atoms with Gasteiger partial charge >= 0.3 is 5.97 Å². The maximum Gasteiger partial charge on any atom is 0.305 e. The second-order valence-electron chi connectivity index (χ2n) is 1.33. The number of carbonyl (C=O) groups excluding carboxylic acids is 1. The molecule has 8 heavy (non-hydrogen) atoms. The van der Waals surface area contributed by atoms with E-state index in [1.165, 1.54) is 7.11 Å². The number of esters is 1. The molecule has 2 nitrogen and oxygen atoms in total. The Labute approximate surface area is 71.9 Å². The van der Waals surface area contributed by atoms with Crippen molar-refractivity contribution in [1.82, 2.24) is 0 Å². The van der Waals surface area contributed by atoms with Crippen LogP contribution in [0.5, 0.6) is 0 Å². The van der Waals surface area contributed by atoms with Gasteiger partial charge in [-0.25, -0.2) is 0 Å². The second kappa shape index (κ2) is 7.47. The normalized spacial score (nSPS) is 7.25. The molecular weight excluding hydrogens is 115 g/mol. The van der Waals surface area contributed by atoms with Crippen molar-refractivity contribution in [2.24, 2.45) is 0 Å². The Morgan fingerprint density at radius 1 is 1.62 bits per heavy atom. The van der Waals surface area contributed by atoms with Crippen molar-refractivity contribution < 1.29 is 9.53 Å². The van der Waals surface area contributed by atoms with E-state index in [1.807, 2.05) is 6.92 Å². The van der Waals surface area contributed by atoms with Gasteiger partial charge < -0.3 is 4.74 Å². The van der Waals surface area contributed by atoms with Crippen molar-refractivity contribution in [3.05, 3.63) is 0 Å². The molecule has 0 fully saturated rings. The van der Waals surface area contributed by atoms with Crippen molar-refractivity contribution in [2.75, 3.05) is 7.11 Å². The second-order valence-corrected chi connectivity index (χ2v) is 1.33. The van der Waals surface area contributed by atoms with E-state index < -0.39 is 0 Å². The summed E-state index contributed by atoms with van der Waals surface area (Å²) in [6.45, 7) is 1.94. The molecule has 0 aromatic carbocycles. The smallest absolute Gasteiger partial charge is 0.305 e. The minimum atomic E-state index is -0.123. The molecule has 0 spiro atoms. The van der Waals surface area contributed by atoms with Gasteiger partial charge in [-0.05, 0) is 6.42 Å². The average molecular weight is 125 g/mol. The number of carbonyl (C=O) groups is 1. The molecule has 0 aromatic rings. The molecule has 0 aliphatic rings. The molecule has 0 unspecified atom stereocenters. The van der Waals surface area contributed by atoms with Crippen LogP contribution in [0.4, 0.5) is 0 Å². The third-order valence-electron chi connectivity index (χ3n) is 0.682. The van der Waals surface area contributed by atoms with Crippen LogP contribution in [-0.2, 0) is 9.53 Å². The summed E-state index contributed by atoms with van der Waals surface area (Å²) >= 11 is 0. The van der Waals surface area contributed by atoms with Gasteiger partial charge in [0, 0.05) is 36.0 Å². The summed E-state index contributed by atoms with van der Waals surface area (Å²) in [5.74, 6) is -0.123. The number of rotatable bonds is 2. The SMILES string of the molecule is CCCC(=O)OC.[Na]. The summed E-state index contributed by atoms with van der Waals surface area (Å²) in [7, 11) is 1.40. The van der Waals surface area contributed by atoms with E-state index in [0.29, 0.717) is 6.42 Å². The van der Waals surface area contributed by atoms with Gasteiger partial charge in [0.05, 0.1) is 7.11 Å². The largest absolute Gasteiger partial charge is 0.469 e. The van der Waals surface area contributed by atoms with Crippen molar-refractivity contribution >= 4 is 35.5 Å². The fourth-order valence-electron chi connectivity index (χ4n) is 0.306. The maximum atomic E-state index is 10.2. The van der Waals surface area contributed by atoms with Crippen LogP contribution in [0.2, 0.25) is 0 Å². The van der Waals surface area contributed by atoms with Gasteiger partial charge in [-0.3, -0.25) is 4.79 Å². The molecule has 0 aromatic heterocycles. The first kappa shape index (κ1) is 11.3. The third-order valence-corrected chi connectivity index (χ3v) is 0.682. The van der Waals surface area contributed by atoms with E-state index >= 15 is 0 Å². The van der Waals surface area contributed by atoms with Crippen molar-refractivity contribution in [3.63, 3.8) is 0 Å². The molecule has 0 aliphatic heterocycles. The zero-order valence-corrected chi connectivity index (χ0v) is 7.73. The number of hydrogen-bond acceptors (Lipinski definition) is 2. The molecule has 43 valence electrons. The van der Waals surface area contributed by atoms with Gasteiger partial charge in [0.15, 0.2) is 0 Å². The fourth-order valence-corrected chi connectivity index (χ4v) is 0.306. The first-order valence-corrected chi connectivity index (χ1v) is 2.38. The molecule has 0 N–H and O–H groups in total. The summed E-state index contributed by atoms with van der Waals surface area (Å²) in [6, 6.07) is 0. The number of ether oxygens (including phenoxy) is 1. The van der Waals surface area contributed by atoms with Gasteiger partial charge in [-0.15, -0.1) is 0 Å². The van der Waals surface area contributed by atoms with Gasteiger partial charge in [-0.1, -0.05) is 6.92 Å². The molecule has 0 rings (SSSR count). The third kappa shape index (κ3) is 6.47. The van der Waals surface area contributed by atoms with Gasteiger partial charge in [0.1, 0.15) is 0 Å². The van der Waals surface area contributed by atoms with Crippen molar-refractivity contribution in [1.29, 1.82) is 0 Å². The number of methoxy groups -OCH3 is 1. The molecule has 0 saturated heterocycles. The predicted molar refractivity (Wildman–Crippen MR) is 32.7 cm³/mol. The summed E-state index contributed by atoms with van der Waals surface area (Å²) in [5.41, 5.74) is 0. The van der Waals surface area contributed by atoms with Gasteiger partial charge in [-0.2, -0.15) is 0 Å². The molecular formula is C5H10NaO2. The minimum absolute atomic E-state index is 0. The summed E-state index contributed by atoms with van der Waals surface area (Å²) < 4.78 is 4.35. The first-order chi connectivity index (χ1) is 3.31. The summed E-state index contributed by atoms with van der Waals surface area (Å²) in [4.78, 5) is 10.2. The van der Waals surface area contributed by atoms with Crippen molar-refractivity contribution in [3.8, 4) is 0 Å². The van der Waals surface area contributed by atoms with Crippen molar-refractivity contribution in [2.45, 2.75) is 19.8 Å². The Bertz CT molecular complexity index is 63.4. The van der Waals surface area contributed by atoms with E-state index in [2.05, 4.69) is 4.74 Å². The first-order valence-electron chi connectivity index (χ1n) is 2.38. The molecule has 0 bridgehead atoms. The predicted octanol–water partition coefficient (Wildman–Crippen LogP) is 0.579. The number of hydrogen-bond donors (Lipinski definition) is 0. The van der Waals surface area contributed by atoms with Crippen LogP contribution in [0.15, 0.2) is 0 Å². The molecule has 0 saturated carbocycles. The van der Waals surface area contributed by atoms with E-state index in [4.69, 9.17) is 0 Å². The molecule has 3 heteroatoms. The zero-order valence-electron chi connectivity index (χ0n) is 5.73. The molecule has 0 aliphatic carbocycles. The Morgan fingerprint density at radius 2 is 2.12 bits per heavy atom. The standard InChI is InChI=1S/C5H10O2.Na/c1-3-4-5(6)7-2;/h3-4H2,1-2H3;. The van der Waals surface area contributed by atoms with Crippen LogP contribution >= 0.6 is 0 Å². The quantitative estimate of drug-likeness (QED) is 0.398. The summed E-state index contributed by atoms with van der Waals surface area (Å²) in [6.07, 6.45) is 1.41. The zero-order chi connectivity index (χ0) is 5.70. The van der Waals surface area contributed by atoms with E-state index in [0.717, 1.165) is 6.42 Å². The topological polar surface area (TPSA) is 26.3 Å². The molecule has 0 heterocycles. The van der Waals surface area contributed by atoms with Crippen LogP contribution < -0.4 is 0 Å². The van der Waals surface area contributed by atoms with E-state index in [-0.39, 0.29) is 35.5 Å². The Kier molecular flexibility index (Phi) is 10.5. The molecule has 0 amide bonds. The van der Waals surface area contributed by atoms with Gasteiger partial charge in [0.2, 0.25) is 0 Å². The Morgan fingerprint density at radius 3 is 2.25 bits per heavy atom. The van der Waals surface area contributed by atoms with Crippen LogP contribution in [-0.4, -0.2) is 42.6 Å². The Hall–Kier alpha value is 0.470. The monoisotopic (exact) mass is 125 g/mol. The van der Waals surface area contributed by atoms with E-state index in [1.54, 1.807) is 0 Å². The van der Waals surface area contributed by atoms with Crippen LogP contribution in [0.25, 0.3) is 0 Å². The molecule has 1 radical (unpaired) electrons. The van der Waals surface area contributed by atoms with Crippen LogP contribution in [0, 0.1) is 0 Å². The van der Waals surface area contributed by atoms with E-state index in [9.17, 15) is 4.79 Å². The average Bonchev–Trinajstić information content (AvgIpc) is 1.68. The maximum absolute atomic E-state index is 10.2. The molecule has 0 atom stereocenters. The van der Waals surface area contributed by atoms with Crippen LogP contribution in [0.1, 0.15) is 19.8 Å². The minimum Gasteiger partial charge on any atom is -0.469 e. The Balaban J connectivity index is 0. The fraction of sp³-hybridized carbons (Fsp3) is 0.800.